The first-order chi connectivity index (χ1) is 14.7. The van der Waals surface area contributed by atoms with Crippen LogP contribution in [-0.4, -0.2) is 44.4 Å². The molecular weight excluding hydrogens is 396 g/mol. The number of benzene rings is 1. The molecule has 2 fully saturated rings. The van der Waals surface area contributed by atoms with Gasteiger partial charge >= 0.3 is 0 Å². The predicted octanol–water partition coefficient (Wildman–Crippen LogP) is 5.07. The molecule has 1 aromatic heterocycles. The Morgan fingerprint density at radius 1 is 0.625 bits per heavy atom. The van der Waals surface area contributed by atoms with Gasteiger partial charge in [-0.1, -0.05) is 24.3 Å². The zero-order chi connectivity index (χ0) is 23.4. The van der Waals surface area contributed by atoms with Gasteiger partial charge in [0.2, 0.25) is 0 Å². The molecule has 4 rings (SSSR count). The summed E-state index contributed by atoms with van der Waals surface area (Å²) in [4.78, 5) is 0. The standard InChI is InChI=1S/C26H42N6/c1-23(2)13-17(14-24(3,4)31-23)27-21-19-11-9-10-12-20(19)22(30-29-21)28-18-15-25(5,6)32-26(7,8)16-18/h9-12,17-18,31-32H,13-16H2,1-8H3,(H,27,29)(H,28,30). The fourth-order valence-electron chi connectivity index (χ4n) is 6.55. The van der Waals surface area contributed by atoms with Gasteiger partial charge in [-0.15, -0.1) is 10.2 Å². The van der Waals surface area contributed by atoms with E-state index in [1.807, 2.05) is 0 Å². The Bertz CT molecular complexity index is 867. The summed E-state index contributed by atoms with van der Waals surface area (Å²) in [6.45, 7) is 18.2. The molecule has 2 saturated heterocycles. The first-order valence-corrected chi connectivity index (χ1v) is 12.1. The molecule has 2 aliphatic rings. The molecule has 0 spiro atoms. The maximum Gasteiger partial charge on any atom is 0.156 e. The van der Waals surface area contributed by atoms with E-state index >= 15 is 0 Å². The average Bonchev–Trinajstić information content (AvgIpc) is 2.58. The minimum Gasteiger partial charge on any atom is -0.365 e. The number of hydrogen-bond donors (Lipinski definition) is 4. The highest BCUT2D eigenvalue weighted by Gasteiger charge is 2.39. The third-order valence-electron chi connectivity index (χ3n) is 6.75. The lowest BCUT2D eigenvalue weighted by molar-refractivity contribution is 0.170. The number of fused-ring (bicyclic) bond motifs is 1. The van der Waals surface area contributed by atoms with E-state index in [1.54, 1.807) is 0 Å². The van der Waals surface area contributed by atoms with Gasteiger partial charge in [0.05, 0.1) is 0 Å². The van der Waals surface area contributed by atoms with Crippen LogP contribution in [0.15, 0.2) is 24.3 Å². The largest absolute Gasteiger partial charge is 0.365 e. The third-order valence-corrected chi connectivity index (χ3v) is 6.75. The van der Waals surface area contributed by atoms with Crippen molar-refractivity contribution in [2.24, 2.45) is 0 Å². The predicted molar refractivity (Wildman–Crippen MR) is 135 cm³/mol. The van der Waals surface area contributed by atoms with Crippen molar-refractivity contribution in [2.75, 3.05) is 10.6 Å². The molecule has 4 N–H and O–H groups in total. The molecule has 0 amide bonds. The van der Waals surface area contributed by atoms with Gasteiger partial charge in [-0.3, -0.25) is 0 Å². The smallest absolute Gasteiger partial charge is 0.156 e. The van der Waals surface area contributed by atoms with Crippen LogP contribution in [0.25, 0.3) is 10.8 Å². The molecule has 0 aliphatic carbocycles. The minimum absolute atomic E-state index is 0.0821. The second-order valence-corrected chi connectivity index (χ2v) is 12.7. The average molecular weight is 439 g/mol. The zero-order valence-electron chi connectivity index (χ0n) is 21.2. The summed E-state index contributed by atoms with van der Waals surface area (Å²) >= 11 is 0. The van der Waals surface area contributed by atoms with E-state index in [4.69, 9.17) is 0 Å². The Morgan fingerprint density at radius 3 is 1.25 bits per heavy atom. The number of anilines is 2. The molecule has 3 heterocycles. The number of nitrogens with zero attached hydrogens (tertiary/aromatic N) is 2. The van der Waals surface area contributed by atoms with Gasteiger partial charge in [-0.2, -0.15) is 0 Å². The molecule has 0 radical (unpaired) electrons. The summed E-state index contributed by atoms with van der Waals surface area (Å²) in [5.41, 5.74) is 0.328. The van der Waals surface area contributed by atoms with Crippen molar-refractivity contribution in [2.45, 2.75) is 115 Å². The van der Waals surface area contributed by atoms with Crippen molar-refractivity contribution < 1.29 is 0 Å². The molecule has 0 bridgehead atoms. The number of nitrogens with one attached hydrogen (secondary N) is 4. The highest BCUT2D eigenvalue weighted by Crippen LogP contribution is 2.35. The Labute approximate surface area is 193 Å². The van der Waals surface area contributed by atoms with Crippen LogP contribution >= 0.6 is 0 Å². The minimum atomic E-state index is 0.0821. The summed E-state index contributed by atoms with van der Waals surface area (Å²) in [6.07, 6.45) is 4.19. The van der Waals surface area contributed by atoms with Gasteiger partial charge in [-0.05, 0) is 81.1 Å². The Hall–Kier alpha value is -1.92. The lowest BCUT2D eigenvalue weighted by Gasteiger charge is -2.47. The third kappa shape index (κ3) is 5.34. The molecule has 1 aromatic carbocycles. The summed E-state index contributed by atoms with van der Waals surface area (Å²) in [7, 11) is 0. The fourth-order valence-corrected chi connectivity index (χ4v) is 6.55. The fraction of sp³-hybridized carbons (Fsp3) is 0.692. The molecule has 6 heteroatoms. The van der Waals surface area contributed by atoms with Crippen molar-refractivity contribution in [1.29, 1.82) is 0 Å². The molecule has 176 valence electrons. The second kappa shape index (κ2) is 7.84. The van der Waals surface area contributed by atoms with Crippen LogP contribution in [0.4, 0.5) is 11.6 Å². The number of piperidine rings is 2. The van der Waals surface area contributed by atoms with Gasteiger partial charge in [0.15, 0.2) is 11.6 Å². The molecule has 0 saturated carbocycles. The van der Waals surface area contributed by atoms with Crippen LogP contribution in [-0.2, 0) is 0 Å². The summed E-state index contributed by atoms with van der Waals surface area (Å²) < 4.78 is 0. The lowest BCUT2D eigenvalue weighted by atomic mass is 9.79. The monoisotopic (exact) mass is 438 g/mol. The number of aromatic nitrogens is 2. The quantitative estimate of drug-likeness (QED) is 0.534. The van der Waals surface area contributed by atoms with Gasteiger partial charge in [0, 0.05) is 45.0 Å². The maximum absolute atomic E-state index is 4.68. The summed E-state index contributed by atoms with van der Waals surface area (Å²) in [6, 6.07) is 9.20. The van der Waals surface area contributed by atoms with Crippen LogP contribution in [0, 0.1) is 0 Å². The highest BCUT2D eigenvalue weighted by molar-refractivity contribution is 5.98. The zero-order valence-corrected chi connectivity index (χ0v) is 21.2. The Kier molecular flexibility index (Phi) is 5.70. The molecule has 6 nitrogen and oxygen atoms in total. The number of hydrogen-bond acceptors (Lipinski definition) is 6. The molecule has 32 heavy (non-hydrogen) atoms. The summed E-state index contributed by atoms with van der Waals surface area (Å²) in [5, 5.41) is 26.6. The maximum atomic E-state index is 4.68. The Balaban J connectivity index is 1.60. The Morgan fingerprint density at radius 2 is 0.938 bits per heavy atom. The summed E-state index contributed by atoms with van der Waals surface area (Å²) in [5.74, 6) is 1.77. The second-order valence-electron chi connectivity index (χ2n) is 12.7. The number of rotatable bonds is 4. The topological polar surface area (TPSA) is 73.9 Å². The van der Waals surface area contributed by atoms with Crippen molar-refractivity contribution >= 4 is 22.4 Å². The van der Waals surface area contributed by atoms with E-state index in [9.17, 15) is 0 Å². The van der Waals surface area contributed by atoms with Gasteiger partial charge in [-0.25, -0.2) is 0 Å². The normalized spacial score (nSPS) is 24.9. The van der Waals surface area contributed by atoms with Crippen LogP contribution in [0.3, 0.4) is 0 Å². The van der Waals surface area contributed by atoms with Gasteiger partial charge < -0.3 is 21.3 Å². The van der Waals surface area contributed by atoms with Crippen molar-refractivity contribution in [3.8, 4) is 0 Å². The van der Waals surface area contributed by atoms with E-state index in [-0.39, 0.29) is 22.2 Å². The van der Waals surface area contributed by atoms with Gasteiger partial charge in [0.1, 0.15) is 0 Å². The van der Waals surface area contributed by atoms with E-state index in [0.717, 1.165) is 48.1 Å². The first kappa shape index (κ1) is 23.2. The van der Waals surface area contributed by atoms with E-state index in [1.165, 1.54) is 0 Å². The van der Waals surface area contributed by atoms with Gasteiger partial charge in [0.25, 0.3) is 0 Å². The SMILES string of the molecule is CC1(C)CC(Nc2nnc(NC3CC(C)(C)NC(C)(C)C3)c3ccccc23)CC(C)(C)N1. The first-order valence-electron chi connectivity index (χ1n) is 12.1. The van der Waals surface area contributed by atoms with Crippen molar-refractivity contribution in [1.82, 2.24) is 20.8 Å². The van der Waals surface area contributed by atoms with Crippen LogP contribution < -0.4 is 21.3 Å². The molecule has 2 aliphatic heterocycles. The lowest BCUT2D eigenvalue weighted by Crippen LogP contribution is -2.60. The van der Waals surface area contributed by atoms with E-state index in [0.29, 0.717) is 12.1 Å². The highest BCUT2D eigenvalue weighted by atomic mass is 15.2. The van der Waals surface area contributed by atoms with Crippen LogP contribution in [0.1, 0.15) is 81.1 Å². The molecule has 0 unspecified atom stereocenters. The van der Waals surface area contributed by atoms with Crippen molar-refractivity contribution in [3.05, 3.63) is 24.3 Å². The van der Waals surface area contributed by atoms with E-state index in [2.05, 4.69) is 111 Å². The van der Waals surface area contributed by atoms with Crippen LogP contribution in [0.5, 0.6) is 0 Å². The molecule has 0 atom stereocenters. The van der Waals surface area contributed by atoms with E-state index < -0.39 is 0 Å². The van der Waals surface area contributed by atoms with Crippen LogP contribution in [0.2, 0.25) is 0 Å². The molecule has 2 aromatic rings. The van der Waals surface area contributed by atoms with Crippen molar-refractivity contribution in [3.63, 3.8) is 0 Å². The molecular formula is C26H42N6.